The lowest BCUT2D eigenvalue weighted by atomic mass is 10.0. The molecule has 2 aromatic carbocycles. The van der Waals surface area contributed by atoms with Crippen molar-refractivity contribution in [2.45, 2.75) is 6.42 Å². The van der Waals surface area contributed by atoms with Crippen molar-refractivity contribution in [1.29, 1.82) is 0 Å². The van der Waals surface area contributed by atoms with Crippen LogP contribution in [0.4, 0.5) is 8.78 Å². The molecule has 0 aliphatic rings. The van der Waals surface area contributed by atoms with Crippen molar-refractivity contribution in [1.82, 2.24) is 0 Å². The molecule has 0 unspecified atom stereocenters. The van der Waals surface area contributed by atoms with Gasteiger partial charge in [-0.1, -0.05) is 23.7 Å². The molecule has 0 atom stereocenters. The molecule has 0 N–H and O–H groups in total. The number of carbonyl (C=O) groups is 1. The molecule has 1 nitrogen and oxygen atoms in total. The number of rotatable bonds is 3. The highest BCUT2D eigenvalue weighted by Crippen LogP contribution is 2.24. The minimum absolute atomic E-state index is 0.0102. The van der Waals surface area contributed by atoms with E-state index in [2.05, 4.69) is 15.9 Å². The van der Waals surface area contributed by atoms with Crippen molar-refractivity contribution < 1.29 is 13.6 Å². The Bertz CT molecular complexity index is 643. The maximum absolute atomic E-state index is 13.3. The fraction of sp³-hybridized carbons (Fsp3) is 0.0714. The average Bonchev–Trinajstić information content (AvgIpc) is 2.34. The van der Waals surface area contributed by atoms with Gasteiger partial charge in [0, 0.05) is 12.0 Å². The highest BCUT2D eigenvalue weighted by atomic mass is 79.9. The number of hydrogen-bond acceptors (Lipinski definition) is 1. The molecule has 0 heterocycles. The van der Waals surface area contributed by atoms with Crippen LogP contribution in [0.15, 0.2) is 40.9 Å². The van der Waals surface area contributed by atoms with Gasteiger partial charge in [-0.05, 0) is 45.8 Å². The zero-order valence-corrected chi connectivity index (χ0v) is 11.9. The monoisotopic (exact) mass is 344 g/mol. The Kier molecular flexibility index (Phi) is 4.32. The Morgan fingerprint density at radius 3 is 2.63 bits per heavy atom. The van der Waals surface area contributed by atoms with Gasteiger partial charge < -0.3 is 0 Å². The summed E-state index contributed by atoms with van der Waals surface area (Å²) in [7, 11) is 0. The number of hydrogen-bond donors (Lipinski definition) is 0. The first-order valence-corrected chi connectivity index (χ1v) is 6.57. The number of halogens is 4. The maximum Gasteiger partial charge on any atom is 0.168 e. The van der Waals surface area contributed by atoms with Crippen LogP contribution < -0.4 is 0 Å². The van der Waals surface area contributed by atoms with Crippen LogP contribution in [0, 0.1) is 11.6 Å². The largest absolute Gasteiger partial charge is 0.294 e. The molecule has 5 heteroatoms. The second-order valence-electron chi connectivity index (χ2n) is 3.94. The summed E-state index contributed by atoms with van der Waals surface area (Å²) in [5, 5.41) is 0.0533. The molecule has 0 fully saturated rings. The normalized spacial score (nSPS) is 10.5. The lowest BCUT2D eigenvalue weighted by Crippen LogP contribution is -2.05. The summed E-state index contributed by atoms with van der Waals surface area (Å²) >= 11 is 8.91. The molecule has 0 aliphatic carbocycles. The Labute approximate surface area is 122 Å². The minimum atomic E-state index is -0.506. The average molecular weight is 346 g/mol. The summed E-state index contributed by atoms with van der Waals surface area (Å²) in [5.74, 6) is -1.24. The van der Waals surface area contributed by atoms with E-state index in [0.29, 0.717) is 5.56 Å². The molecule has 19 heavy (non-hydrogen) atoms. The zero-order chi connectivity index (χ0) is 14.0. The summed E-state index contributed by atoms with van der Waals surface area (Å²) in [6.45, 7) is 0. The molecule has 0 saturated carbocycles. The summed E-state index contributed by atoms with van der Waals surface area (Å²) in [6.07, 6.45) is -0.0102. The molecule has 2 aromatic rings. The molecular formula is C14H8BrClF2O. The van der Waals surface area contributed by atoms with Gasteiger partial charge >= 0.3 is 0 Å². The highest BCUT2D eigenvalue weighted by molar-refractivity contribution is 9.10. The van der Waals surface area contributed by atoms with Gasteiger partial charge in [0.05, 0.1) is 9.50 Å². The molecule has 0 radical (unpaired) electrons. The second-order valence-corrected chi connectivity index (χ2v) is 5.14. The second kappa shape index (κ2) is 5.80. The van der Waals surface area contributed by atoms with E-state index in [4.69, 9.17) is 11.6 Å². The van der Waals surface area contributed by atoms with Gasteiger partial charge in [-0.25, -0.2) is 8.78 Å². The van der Waals surface area contributed by atoms with Crippen LogP contribution in [-0.2, 0) is 6.42 Å². The maximum atomic E-state index is 13.3. The van der Waals surface area contributed by atoms with Crippen molar-refractivity contribution in [3.05, 3.63) is 68.7 Å². The van der Waals surface area contributed by atoms with E-state index in [9.17, 15) is 13.6 Å². The highest BCUT2D eigenvalue weighted by Gasteiger charge is 2.14. The minimum Gasteiger partial charge on any atom is -0.294 e. The Balaban J connectivity index is 2.28. The SMILES string of the molecule is O=C(Cc1cccc(F)c1Br)c1ccc(F)cc1Cl. The van der Waals surface area contributed by atoms with Crippen molar-refractivity contribution in [2.24, 2.45) is 0 Å². The van der Waals surface area contributed by atoms with Gasteiger partial charge in [-0.2, -0.15) is 0 Å². The Morgan fingerprint density at radius 1 is 1.21 bits per heavy atom. The van der Waals surface area contributed by atoms with Gasteiger partial charge in [-0.3, -0.25) is 4.79 Å². The third-order valence-electron chi connectivity index (χ3n) is 2.61. The lowest BCUT2D eigenvalue weighted by molar-refractivity contribution is 0.0993. The fourth-order valence-electron chi connectivity index (χ4n) is 1.67. The summed E-state index contributed by atoms with van der Waals surface area (Å²) in [6, 6.07) is 8.03. The third kappa shape index (κ3) is 3.19. The smallest absolute Gasteiger partial charge is 0.168 e. The van der Waals surface area contributed by atoms with Crippen LogP contribution in [0.5, 0.6) is 0 Å². The predicted octanol–water partition coefficient (Wildman–Crippen LogP) is 4.81. The first-order valence-electron chi connectivity index (χ1n) is 5.40. The molecule has 0 bridgehead atoms. The molecular weight excluding hydrogens is 338 g/mol. The molecule has 0 aliphatic heterocycles. The van der Waals surface area contributed by atoms with Crippen molar-refractivity contribution in [3.8, 4) is 0 Å². The molecule has 0 amide bonds. The molecule has 0 aromatic heterocycles. The van der Waals surface area contributed by atoms with E-state index in [1.807, 2.05) is 0 Å². The number of benzene rings is 2. The van der Waals surface area contributed by atoms with Gasteiger partial charge in [0.1, 0.15) is 11.6 Å². The zero-order valence-electron chi connectivity index (χ0n) is 9.59. The van der Waals surface area contributed by atoms with Crippen LogP contribution >= 0.6 is 27.5 Å². The van der Waals surface area contributed by atoms with Gasteiger partial charge in [0.25, 0.3) is 0 Å². The third-order valence-corrected chi connectivity index (χ3v) is 3.81. The number of carbonyl (C=O) groups excluding carboxylic acids is 1. The number of Topliss-reactive ketones (excluding diaryl/α,β-unsaturated/α-hetero) is 1. The van der Waals surface area contributed by atoms with Crippen molar-refractivity contribution in [3.63, 3.8) is 0 Å². The van der Waals surface area contributed by atoms with E-state index in [1.165, 1.54) is 24.3 Å². The number of ketones is 1. The molecule has 2 rings (SSSR count). The van der Waals surface area contributed by atoms with Crippen molar-refractivity contribution in [2.75, 3.05) is 0 Å². The molecule has 98 valence electrons. The van der Waals surface area contributed by atoms with E-state index in [0.717, 1.165) is 6.07 Å². The summed E-state index contributed by atoms with van der Waals surface area (Å²) in [4.78, 5) is 12.1. The van der Waals surface area contributed by atoms with Gasteiger partial charge in [-0.15, -0.1) is 0 Å². The van der Waals surface area contributed by atoms with Crippen LogP contribution in [0.1, 0.15) is 15.9 Å². The lowest BCUT2D eigenvalue weighted by Gasteiger charge is -2.06. The molecule has 0 saturated heterocycles. The topological polar surface area (TPSA) is 17.1 Å². The first kappa shape index (κ1) is 14.2. The quantitative estimate of drug-likeness (QED) is 0.730. The van der Waals surface area contributed by atoms with Crippen LogP contribution in [0.3, 0.4) is 0 Å². The van der Waals surface area contributed by atoms with Crippen molar-refractivity contribution >= 4 is 33.3 Å². The Hall–Kier alpha value is -1.26. The molecule has 0 spiro atoms. The van der Waals surface area contributed by atoms with E-state index in [-0.39, 0.29) is 27.3 Å². The predicted molar refractivity (Wildman–Crippen MR) is 73.5 cm³/mol. The van der Waals surface area contributed by atoms with E-state index >= 15 is 0 Å². The van der Waals surface area contributed by atoms with E-state index < -0.39 is 11.6 Å². The fourth-order valence-corrected chi connectivity index (χ4v) is 2.35. The van der Waals surface area contributed by atoms with Gasteiger partial charge in [0.2, 0.25) is 0 Å². The summed E-state index contributed by atoms with van der Waals surface area (Å²) in [5.41, 5.74) is 0.740. The summed E-state index contributed by atoms with van der Waals surface area (Å²) < 4.78 is 26.5. The van der Waals surface area contributed by atoms with E-state index in [1.54, 1.807) is 6.07 Å². The van der Waals surface area contributed by atoms with Crippen LogP contribution in [-0.4, -0.2) is 5.78 Å². The van der Waals surface area contributed by atoms with Crippen LogP contribution in [0.25, 0.3) is 0 Å². The first-order chi connectivity index (χ1) is 8.99. The Morgan fingerprint density at radius 2 is 1.95 bits per heavy atom. The standard InChI is InChI=1S/C14H8BrClF2O/c15-14-8(2-1-3-12(14)18)6-13(19)10-5-4-9(17)7-11(10)16/h1-5,7H,6H2. The van der Waals surface area contributed by atoms with Crippen LogP contribution in [0.2, 0.25) is 5.02 Å². The van der Waals surface area contributed by atoms with Gasteiger partial charge in [0.15, 0.2) is 5.78 Å².